The highest BCUT2D eigenvalue weighted by Crippen LogP contribution is 2.24. The number of aliphatic hydroxyl groups is 1. The van der Waals surface area contributed by atoms with Gasteiger partial charge in [0.05, 0.1) is 19.3 Å². The van der Waals surface area contributed by atoms with Gasteiger partial charge in [-0.3, -0.25) is 4.79 Å². The molecule has 3 N–H and O–H groups in total. The third kappa shape index (κ3) is 3.71. The average molecular weight is 278 g/mol. The molecule has 2 rings (SSSR count). The Morgan fingerprint density at radius 1 is 1.50 bits per heavy atom. The fourth-order valence-electron chi connectivity index (χ4n) is 2.45. The number of methoxy groups -OCH3 is 1. The van der Waals surface area contributed by atoms with E-state index in [1.807, 2.05) is 12.1 Å². The lowest BCUT2D eigenvalue weighted by Crippen LogP contribution is -2.47. The third-order valence-corrected chi connectivity index (χ3v) is 3.59. The number of rotatable bonds is 5. The van der Waals surface area contributed by atoms with Crippen LogP contribution in [0.1, 0.15) is 30.9 Å². The first-order chi connectivity index (χ1) is 9.72. The van der Waals surface area contributed by atoms with Crippen LogP contribution in [0.2, 0.25) is 0 Å². The van der Waals surface area contributed by atoms with Crippen LogP contribution in [0.3, 0.4) is 0 Å². The summed E-state index contributed by atoms with van der Waals surface area (Å²) in [5, 5.41) is 16.1. The Morgan fingerprint density at radius 2 is 2.30 bits per heavy atom. The number of benzene rings is 1. The number of nitrogens with one attached hydrogen (secondary N) is 2. The predicted molar refractivity (Wildman–Crippen MR) is 76.6 cm³/mol. The highest BCUT2D eigenvalue weighted by atomic mass is 16.5. The second-order valence-electron chi connectivity index (χ2n) is 5.01. The standard InChI is InChI=1S/C15H22N2O3/c1-20-14-8-3-2-6-11(14)13(18)10-17-15(19)12-7-4-5-9-16-12/h2-3,6,8,12-13,16,18H,4-5,7,9-10H2,1H3,(H,17,19)/t12-,13+/m0/s1. The van der Waals surface area contributed by atoms with Crippen molar-refractivity contribution >= 4 is 5.91 Å². The van der Waals surface area contributed by atoms with E-state index in [1.54, 1.807) is 19.2 Å². The monoisotopic (exact) mass is 278 g/mol. The van der Waals surface area contributed by atoms with E-state index in [1.165, 1.54) is 0 Å². The summed E-state index contributed by atoms with van der Waals surface area (Å²) in [6.07, 6.45) is 2.28. The van der Waals surface area contributed by atoms with Crippen molar-refractivity contribution in [2.24, 2.45) is 0 Å². The number of carbonyl (C=O) groups is 1. The molecule has 5 nitrogen and oxygen atoms in total. The second kappa shape index (κ2) is 7.26. The molecule has 20 heavy (non-hydrogen) atoms. The fourth-order valence-corrected chi connectivity index (χ4v) is 2.45. The number of hydrogen-bond donors (Lipinski definition) is 3. The van der Waals surface area contributed by atoms with Crippen LogP contribution in [0.15, 0.2) is 24.3 Å². The Kier molecular flexibility index (Phi) is 5.38. The van der Waals surface area contributed by atoms with E-state index in [9.17, 15) is 9.90 Å². The maximum Gasteiger partial charge on any atom is 0.237 e. The SMILES string of the molecule is COc1ccccc1[C@H](O)CNC(=O)[C@@H]1CCCCN1. The third-order valence-electron chi connectivity index (χ3n) is 3.59. The molecule has 1 aromatic rings. The number of piperidine rings is 1. The van der Waals surface area contributed by atoms with Gasteiger partial charge in [-0.2, -0.15) is 0 Å². The molecule has 0 aromatic heterocycles. The van der Waals surface area contributed by atoms with Crippen LogP contribution in [0.25, 0.3) is 0 Å². The van der Waals surface area contributed by atoms with Crippen LogP contribution in [0, 0.1) is 0 Å². The van der Waals surface area contributed by atoms with Crippen LogP contribution in [0.5, 0.6) is 5.75 Å². The molecule has 0 aliphatic carbocycles. The smallest absolute Gasteiger partial charge is 0.237 e. The highest BCUT2D eigenvalue weighted by Gasteiger charge is 2.21. The average Bonchev–Trinajstić information content (AvgIpc) is 2.53. The second-order valence-corrected chi connectivity index (χ2v) is 5.01. The summed E-state index contributed by atoms with van der Waals surface area (Å²) < 4.78 is 5.20. The van der Waals surface area contributed by atoms with E-state index in [-0.39, 0.29) is 18.5 Å². The van der Waals surface area contributed by atoms with Gasteiger partial charge in [-0.1, -0.05) is 24.6 Å². The fraction of sp³-hybridized carbons (Fsp3) is 0.533. The molecule has 1 aliphatic heterocycles. The van der Waals surface area contributed by atoms with E-state index in [4.69, 9.17) is 4.74 Å². The summed E-state index contributed by atoms with van der Waals surface area (Å²) in [6, 6.07) is 7.15. The molecule has 1 fully saturated rings. The summed E-state index contributed by atoms with van der Waals surface area (Å²) in [4.78, 5) is 12.0. The van der Waals surface area contributed by atoms with Gasteiger partial charge in [-0.25, -0.2) is 0 Å². The van der Waals surface area contributed by atoms with E-state index in [0.717, 1.165) is 25.8 Å². The molecule has 5 heteroatoms. The van der Waals surface area contributed by atoms with E-state index >= 15 is 0 Å². The Hall–Kier alpha value is -1.59. The number of ether oxygens (including phenoxy) is 1. The highest BCUT2D eigenvalue weighted by molar-refractivity contribution is 5.81. The summed E-state index contributed by atoms with van der Waals surface area (Å²) >= 11 is 0. The van der Waals surface area contributed by atoms with Gasteiger partial charge in [-0.05, 0) is 25.5 Å². The van der Waals surface area contributed by atoms with Crippen molar-refractivity contribution in [2.75, 3.05) is 20.2 Å². The molecular formula is C15H22N2O3. The molecule has 1 aliphatic rings. The minimum atomic E-state index is -0.765. The maximum atomic E-state index is 12.0. The molecule has 0 unspecified atom stereocenters. The first-order valence-corrected chi connectivity index (χ1v) is 7.04. The molecule has 0 radical (unpaired) electrons. The minimum absolute atomic E-state index is 0.0429. The Balaban J connectivity index is 1.88. The number of carbonyl (C=O) groups excluding carboxylic acids is 1. The summed E-state index contributed by atoms with van der Waals surface area (Å²) in [5.41, 5.74) is 0.687. The molecule has 110 valence electrons. The zero-order valence-electron chi connectivity index (χ0n) is 11.8. The summed E-state index contributed by atoms with van der Waals surface area (Å²) in [5.74, 6) is 0.587. The lowest BCUT2D eigenvalue weighted by Gasteiger charge is -2.23. The molecule has 0 bridgehead atoms. The Morgan fingerprint density at radius 3 is 3.00 bits per heavy atom. The number of hydrogen-bond acceptors (Lipinski definition) is 4. The van der Waals surface area contributed by atoms with Gasteiger partial charge in [0.1, 0.15) is 5.75 Å². The number of para-hydroxylation sites is 1. The van der Waals surface area contributed by atoms with E-state index in [2.05, 4.69) is 10.6 Å². The van der Waals surface area contributed by atoms with Crippen LogP contribution in [-0.4, -0.2) is 37.3 Å². The molecule has 1 saturated heterocycles. The van der Waals surface area contributed by atoms with Crippen molar-refractivity contribution in [1.29, 1.82) is 0 Å². The van der Waals surface area contributed by atoms with Crippen molar-refractivity contribution in [3.8, 4) is 5.75 Å². The van der Waals surface area contributed by atoms with Gasteiger partial charge in [0.2, 0.25) is 5.91 Å². The van der Waals surface area contributed by atoms with Gasteiger partial charge in [-0.15, -0.1) is 0 Å². The van der Waals surface area contributed by atoms with Crippen molar-refractivity contribution in [2.45, 2.75) is 31.4 Å². The van der Waals surface area contributed by atoms with Crippen LogP contribution >= 0.6 is 0 Å². The van der Waals surface area contributed by atoms with Gasteiger partial charge in [0, 0.05) is 12.1 Å². The van der Waals surface area contributed by atoms with E-state index < -0.39 is 6.10 Å². The first kappa shape index (κ1) is 14.8. The summed E-state index contributed by atoms with van der Waals surface area (Å²) in [6.45, 7) is 1.07. The molecule has 0 spiro atoms. The molecule has 0 saturated carbocycles. The van der Waals surface area contributed by atoms with Crippen molar-refractivity contribution in [3.05, 3.63) is 29.8 Å². The zero-order chi connectivity index (χ0) is 14.4. The van der Waals surface area contributed by atoms with Gasteiger partial charge in [0.25, 0.3) is 0 Å². The predicted octanol–water partition coefficient (Wildman–Crippen LogP) is 0.987. The number of amides is 1. The maximum absolute atomic E-state index is 12.0. The van der Waals surface area contributed by atoms with Gasteiger partial charge in [0.15, 0.2) is 0 Å². The van der Waals surface area contributed by atoms with Crippen LogP contribution < -0.4 is 15.4 Å². The van der Waals surface area contributed by atoms with Crippen LogP contribution in [0.4, 0.5) is 0 Å². The molecule has 1 amide bonds. The van der Waals surface area contributed by atoms with Gasteiger partial charge < -0.3 is 20.5 Å². The van der Waals surface area contributed by atoms with Gasteiger partial charge >= 0.3 is 0 Å². The van der Waals surface area contributed by atoms with Crippen LogP contribution in [-0.2, 0) is 4.79 Å². The van der Waals surface area contributed by atoms with Crippen molar-refractivity contribution in [1.82, 2.24) is 10.6 Å². The molecule has 1 heterocycles. The number of aliphatic hydroxyl groups excluding tert-OH is 1. The Bertz CT molecular complexity index is 444. The molecular weight excluding hydrogens is 256 g/mol. The summed E-state index contributed by atoms with van der Waals surface area (Å²) in [7, 11) is 1.57. The first-order valence-electron chi connectivity index (χ1n) is 7.04. The molecule has 1 aromatic carbocycles. The van der Waals surface area contributed by atoms with Crippen molar-refractivity contribution in [3.63, 3.8) is 0 Å². The zero-order valence-corrected chi connectivity index (χ0v) is 11.8. The lowest BCUT2D eigenvalue weighted by atomic mass is 10.0. The van der Waals surface area contributed by atoms with Crippen molar-refractivity contribution < 1.29 is 14.6 Å². The van der Waals surface area contributed by atoms with E-state index in [0.29, 0.717) is 11.3 Å². The quantitative estimate of drug-likeness (QED) is 0.751. The Labute approximate surface area is 119 Å². The minimum Gasteiger partial charge on any atom is -0.496 e. The largest absolute Gasteiger partial charge is 0.496 e. The molecule has 2 atom stereocenters. The lowest BCUT2D eigenvalue weighted by molar-refractivity contribution is -0.124. The topological polar surface area (TPSA) is 70.6 Å². The normalized spacial score (nSPS) is 20.2.